The zero-order valence-corrected chi connectivity index (χ0v) is 20.6. The Balaban J connectivity index is 1.78. The summed E-state index contributed by atoms with van der Waals surface area (Å²) in [5, 5.41) is 0. The van der Waals surface area contributed by atoms with E-state index in [0.29, 0.717) is 18.5 Å². The molecule has 0 bridgehead atoms. The van der Waals surface area contributed by atoms with Crippen molar-refractivity contribution in [3.05, 3.63) is 71.3 Å². The van der Waals surface area contributed by atoms with E-state index in [4.69, 9.17) is 4.18 Å². The van der Waals surface area contributed by atoms with Crippen molar-refractivity contribution < 1.29 is 25.8 Å². The highest BCUT2D eigenvalue weighted by Gasteiger charge is 2.49. The second-order valence-electron chi connectivity index (χ2n) is 8.03. The molecular formula is C22H26N2O6S3. The van der Waals surface area contributed by atoms with Crippen LogP contribution in [0.4, 0.5) is 0 Å². The Morgan fingerprint density at radius 2 is 1.70 bits per heavy atom. The van der Waals surface area contributed by atoms with E-state index in [2.05, 4.69) is 4.90 Å². The van der Waals surface area contributed by atoms with Crippen LogP contribution in [0.1, 0.15) is 39.4 Å². The molecule has 1 amide bonds. The van der Waals surface area contributed by atoms with Crippen molar-refractivity contribution in [2.75, 3.05) is 37.4 Å². The Bertz CT molecular complexity index is 1210. The van der Waals surface area contributed by atoms with Gasteiger partial charge in [0.2, 0.25) is 5.44 Å². The molecule has 2 heterocycles. The molecule has 0 radical (unpaired) electrons. The molecule has 0 aromatic heterocycles. The fourth-order valence-electron chi connectivity index (χ4n) is 4.20. The maximum Gasteiger partial charge on any atom is 0.271 e. The summed E-state index contributed by atoms with van der Waals surface area (Å²) < 4.78 is 57.3. The van der Waals surface area contributed by atoms with Crippen molar-refractivity contribution in [2.24, 2.45) is 0 Å². The summed E-state index contributed by atoms with van der Waals surface area (Å²) in [5.74, 6) is 1.34. The average molecular weight is 511 g/mol. The van der Waals surface area contributed by atoms with E-state index in [1.54, 1.807) is 36.4 Å². The summed E-state index contributed by atoms with van der Waals surface area (Å²) in [4.78, 5) is 15.8. The first-order valence-corrected chi connectivity index (χ1v) is 15.1. The van der Waals surface area contributed by atoms with Crippen molar-refractivity contribution in [3.8, 4) is 0 Å². The van der Waals surface area contributed by atoms with Gasteiger partial charge in [0, 0.05) is 42.3 Å². The van der Waals surface area contributed by atoms with Crippen LogP contribution < -0.4 is 0 Å². The van der Waals surface area contributed by atoms with Crippen molar-refractivity contribution >= 4 is 37.8 Å². The van der Waals surface area contributed by atoms with Crippen LogP contribution in [0.2, 0.25) is 0 Å². The minimum atomic E-state index is -4.50. The smallest absolute Gasteiger partial charge is 0.271 e. The Morgan fingerprint density at radius 1 is 1.06 bits per heavy atom. The van der Waals surface area contributed by atoms with Crippen molar-refractivity contribution in [1.82, 2.24) is 9.21 Å². The maximum absolute atomic E-state index is 13.7. The van der Waals surface area contributed by atoms with Crippen LogP contribution >= 0.6 is 11.8 Å². The Morgan fingerprint density at radius 3 is 2.36 bits per heavy atom. The van der Waals surface area contributed by atoms with E-state index in [1.165, 1.54) is 12.1 Å². The molecule has 2 aromatic carbocycles. The first-order valence-electron chi connectivity index (χ1n) is 10.6. The number of nitrogens with zero attached hydrogens (tertiary/aromatic N) is 2. The summed E-state index contributed by atoms with van der Waals surface area (Å²) in [5.41, 5.74) is -1.00. The Labute approximate surface area is 199 Å². The summed E-state index contributed by atoms with van der Waals surface area (Å²) in [6.45, 7) is 2.41. The number of sulfonamides is 1. The molecule has 0 spiro atoms. The van der Waals surface area contributed by atoms with Gasteiger partial charge in [0.15, 0.2) is 0 Å². The van der Waals surface area contributed by atoms with Gasteiger partial charge in [-0.1, -0.05) is 48.5 Å². The van der Waals surface area contributed by atoms with Gasteiger partial charge in [-0.3, -0.25) is 4.79 Å². The fourth-order valence-corrected chi connectivity index (χ4v) is 8.07. The minimum Gasteiger partial charge on any atom is -0.302 e. The molecule has 2 aromatic rings. The normalized spacial score (nSPS) is 22.0. The fraction of sp³-hybridized carbons (Fsp3) is 0.409. The lowest BCUT2D eigenvalue weighted by molar-refractivity contribution is 0.0780. The van der Waals surface area contributed by atoms with E-state index in [0.717, 1.165) is 35.2 Å². The molecule has 11 heteroatoms. The van der Waals surface area contributed by atoms with E-state index < -0.39 is 37.5 Å². The molecule has 2 aliphatic heterocycles. The number of rotatable bonds is 7. The van der Waals surface area contributed by atoms with Crippen molar-refractivity contribution in [3.63, 3.8) is 0 Å². The van der Waals surface area contributed by atoms with Crippen LogP contribution in [-0.4, -0.2) is 69.3 Å². The van der Waals surface area contributed by atoms with Crippen LogP contribution in [-0.2, 0) is 24.3 Å². The van der Waals surface area contributed by atoms with Gasteiger partial charge in [-0.2, -0.15) is 20.2 Å². The van der Waals surface area contributed by atoms with Gasteiger partial charge < -0.3 is 4.90 Å². The van der Waals surface area contributed by atoms with Crippen LogP contribution in [0.25, 0.3) is 0 Å². The molecule has 8 nitrogen and oxygen atoms in total. The predicted molar refractivity (Wildman–Crippen MR) is 128 cm³/mol. The number of amides is 1. The quantitative estimate of drug-likeness (QED) is 0.524. The van der Waals surface area contributed by atoms with Gasteiger partial charge in [-0.25, -0.2) is 16.9 Å². The van der Waals surface area contributed by atoms with Crippen LogP contribution in [0.15, 0.2) is 54.6 Å². The zero-order chi connectivity index (χ0) is 23.6. The number of carbonyl (C=O) groups excluding carboxylic acids is 1. The SMILES string of the molecule is CS(=O)(=O)OC1c2ccccc2C(=O)N(C(CCN2CCSCC2)c2ccccc2)S1(=O)=O. The van der Waals surface area contributed by atoms with E-state index >= 15 is 0 Å². The summed E-state index contributed by atoms with van der Waals surface area (Å²) in [7, 11) is -8.63. The lowest BCUT2D eigenvalue weighted by Crippen LogP contribution is -2.48. The van der Waals surface area contributed by atoms with Crippen LogP contribution in [0, 0.1) is 0 Å². The predicted octanol–water partition coefficient (Wildman–Crippen LogP) is 2.63. The number of fused-ring (bicyclic) bond motifs is 1. The molecule has 33 heavy (non-hydrogen) atoms. The highest BCUT2D eigenvalue weighted by molar-refractivity contribution is 7.99. The molecule has 0 N–H and O–H groups in total. The number of hydrogen-bond donors (Lipinski definition) is 0. The third kappa shape index (κ3) is 5.27. The Hall–Kier alpha value is -1.92. The largest absolute Gasteiger partial charge is 0.302 e. The molecule has 4 rings (SSSR count). The number of benzene rings is 2. The van der Waals surface area contributed by atoms with Crippen LogP contribution in [0.3, 0.4) is 0 Å². The van der Waals surface area contributed by atoms with Gasteiger partial charge in [-0.05, 0) is 18.1 Å². The van der Waals surface area contributed by atoms with Crippen LogP contribution in [0.5, 0.6) is 0 Å². The second-order valence-corrected chi connectivity index (χ2v) is 12.7. The summed E-state index contributed by atoms with van der Waals surface area (Å²) >= 11 is 1.88. The lowest BCUT2D eigenvalue weighted by atomic mass is 10.0. The first-order chi connectivity index (χ1) is 15.7. The summed E-state index contributed by atoms with van der Waals surface area (Å²) in [6.07, 6.45) is 1.18. The van der Waals surface area contributed by atoms with E-state index in [-0.39, 0.29) is 11.1 Å². The molecule has 0 saturated carbocycles. The molecule has 2 aliphatic rings. The molecule has 2 unspecified atom stereocenters. The zero-order valence-electron chi connectivity index (χ0n) is 18.2. The molecule has 1 fully saturated rings. The third-order valence-electron chi connectivity index (χ3n) is 5.74. The third-order valence-corrected chi connectivity index (χ3v) is 9.21. The van der Waals surface area contributed by atoms with Gasteiger partial charge >= 0.3 is 0 Å². The Kier molecular flexibility index (Phi) is 7.15. The molecule has 178 valence electrons. The van der Waals surface area contributed by atoms with Crippen molar-refractivity contribution in [1.29, 1.82) is 0 Å². The van der Waals surface area contributed by atoms with Gasteiger partial charge in [-0.15, -0.1) is 0 Å². The monoisotopic (exact) mass is 510 g/mol. The minimum absolute atomic E-state index is 0.0315. The number of hydrogen-bond acceptors (Lipinski definition) is 8. The maximum atomic E-state index is 13.7. The highest BCUT2D eigenvalue weighted by Crippen LogP contribution is 2.42. The van der Waals surface area contributed by atoms with Gasteiger partial charge in [0.25, 0.3) is 26.0 Å². The molecule has 2 atom stereocenters. The highest BCUT2D eigenvalue weighted by atomic mass is 32.2. The first kappa shape index (κ1) is 24.2. The average Bonchev–Trinajstić information content (AvgIpc) is 2.79. The summed E-state index contributed by atoms with van der Waals surface area (Å²) in [6, 6.07) is 14.3. The van der Waals surface area contributed by atoms with Gasteiger partial charge in [0.05, 0.1) is 12.3 Å². The standard InChI is InChI=1S/C22H26N2O6S3/c1-32(26,27)30-22-19-10-6-5-9-18(19)21(25)24(33(22,28)29)20(17-7-3-2-4-8-17)11-12-23-13-15-31-16-14-23/h2-10,20,22H,11-16H2,1H3. The topological polar surface area (TPSA) is 101 Å². The number of thioether (sulfide) groups is 1. The molecular weight excluding hydrogens is 484 g/mol. The van der Waals surface area contributed by atoms with E-state index in [1.807, 2.05) is 17.8 Å². The second kappa shape index (κ2) is 9.75. The van der Waals surface area contributed by atoms with Crippen molar-refractivity contribution in [2.45, 2.75) is 17.9 Å². The van der Waals surface area contributed by atoms with E-state index in [9.17, 15) is 21.6 Å². The lowest BCUT2D eigenvalue weighted by Gasteiger charge is -2.39. The molecule has 1 saturated heterocycles. The molecule has 0 aliphatic carbocycles. The number of carbonyl (C=O) groups is 1. The van der Waals surface area contributed by atoms with Gasteiger partial charge in [0.1, 0.15) is 0 Å².